The first kappa shape index (κ1) is 15.6. The minimum Gasteiger partial charge on any atom is -0.457 e. The van der Waals surface area contributed by atoms with Crippen molar-refractivity contribution in [1.82, 2.24) is 0 Å². The standard InChI is InChI=1S/C20H26O/c1-19(2,3)17-13-12-16(14-18(17)20(4,5)6)21-15-10-8-7-9-11-15/h7-14H,1-6H3. The molecule has 0 spiro atoms. The third-order valence-corrected chi connectivity index (χ3v) is 3.59. The summed E-state index contributed by atoms with van der Waals surface area (Å²) in [6.07, 6.45) is 0. The Bertz CT molecular complexity index is 598. The van der Waals surface area contributed by atoms with Gasteiger partial charge in [0.05, 0.1) is 0 Å². The lowest BCUT2D eigenvalue weighted by Gasteiger charge is -2.30. The largest absolute Gasteiger partial charge is 0.457 e. The van der Waals surface area contributed by atoms with E-state index in [1.807, 2.05) is 30.3 Å². The van der Waals surface area contributed by atoms with E-state index in [4.69, 9.17) is 4.74 Å². The van der Waals surface area contributed by atoms with Crippen molar-refractivity contribution in [3.8, 4) is 11.5 Å². The number of hydrogen-bond donors (Lipinski definition) is 0. The summed E-state index contributed by atoms with van der Waals surface area (Å²) in [5.74, 6) is 1.78. The summed E-state index contributed by atoms with van der Waals surface area (Å²) < 4.78 is 5.98. The Balaban J connectivity index is 2.43. The molecule has 2 aromatic carbocycles. The Kier molecular flexibility index (Phi) is 4.13. The van der Waals surface area contributed by atoms with Crippen LogP contribution in [-0.2, 0) is 10.8 Å². The molecule has 1 nitrogen and oxygen atoms in total. The van der Waals surface area contributed by atoms with Gasteiger partial charge in [0.1, 0.15) is 11.5 Å². The molecule has 21 heavy (non-hydrogen) atoms. The predicted octanol–water partition coefficient (Wildman–Crippen LogP) is 6.07. The molecular formula is C20H26O. The van der Waals surface area contributed by atoms with Crippen LogP contribution >= 0.6 is 0 Å². The SMILES string of the molecule is CC(C)(C)c1ccc(Oc2ccccc2)cc1C(C)(C)C. The number of para-hydroxylation sites is 1. The summed E-state index contributed by atoms with van der Waals surface area (Å²) in [6.45, 7) is 13.5. The monoisotopic (exact) mass is 282 g/mol. The number of benzene rings is 2. The van der Waals surface area contributed by atoms with Crippen molar-refractivity contribution >= 4 is 0 Å². The Morgan fingerprint density at radius 2 is 1.19 bits per heavy atom. The van der Waals surface area contributed by atoms with Gasteiger partial charge in [-0.3, -0.25) is 0 Å². The molecule has 0 N–H and O–H groups in total. The zero-order valence-corrected chi connectivity index (χ0v) is 14.0. The second kappa shape index (κ2) is 5.55. The quantitative estimate of drug-likeness (QED) is 0.649. The van der Waals surface area contributed by atoms with Crippen molar-refractivity contribution < 1.29 is 4.74 Å². The van der Waals surface area contributed by atoms with E-state index >= 15 is 0 Å². The zero-order valence-electron chi connectivity index (χ0n) is 14.0. The molecule has 2 rings (SSSR count). The lowest BCUT2D eigenvalue weighted by atomic mass is 9.75. The molecule has 0 aromatic heterocycles. The molecule has 0 unspecified atom stereocenters. The van der Waals surface area contributed by atoms with E-state index in [0.29, 0.717) is 0 Å². The fraction of sp³-hybridized carbons (Fsp3) is 0.400. The van der Waals surface area contributed by atoms with Crippen LogP contribution in [0.25, 0.3) is 0 Å². The average Bonchev–Trinajstić information content (AvgIpc) is 2.37. The van der Waals surface area contributed by atoms with Gasteiger partial charge < -0.3 is 4.74 Å². The smallest absolute Gasteiger partial charge is 0.127 e. The highest BCUT2D eigenvalue weighted by Crippen LogP contribution is 2.37. The maximum atomic E-state index is 5.98. The van der Waals surface area contributed by atoms with Crippen molar-refractivity contribution in [2.24, 2.45) is 0 Å². The van der Waals surface area contributed by atoms with Gasteiger partial charge in [-0.15, -0.1) is 0 Å². The van der Waals surface area contributed by atoms with Gasteiger partial charge in [-0.05, 0) is 46.2 Å². The van der Waals surface area contributed by atoms with E-state index in [1.165, 1.54) is 11.1 Å². The fourth-order valence-corrected chi connectivity index (χ4v) is 2.49. The van der Waals surface area contributed by atoms with E-state index in [9.17, 15) is 0 Å². The molecule has 112 valence electrons. The first-order valence-electron chi connectivity index (χ1n) is 7.56. The molecule has 0 aliphatic rings. The van der Waals surface area contributed by atoms with Crippen LogP contribution in [0, 0.1) is 0 Å². The van der Waals surface area contributed by atoms with E-state index in [-0.39, 0.29) is 10.8 Å². The Labute approximate surface area is 129 Å². The van der Waals surface area contributed by atoms with Gasteiger partial charge >= 0.3 is 0 Å². The normalized spacial score (nSPS) is 12.3. The van der Waals surface area contributed by atoms with Gasteiger partial charge in [0, 0.05) is 0 Å². The van der Waals surface area contributed by atoms with Gasteiger partial charge in [0.25, 0.3) is 0 Å². The molecule has 2 aromatic rings. The number of hydrogen-bond acceptors (Lipinski definition) is 1. The predicted molar refractivity (Wildman–Crippen MR) is 90.4 cm³/mol. The van der Waals surface area contributed by atoms with Gasteiger partial charge in [-0.2, -0.15) is 0 Å². The molecule has 0 heterocycles. The minimum atomic E-state index is 0.0959. The third kappa shape index (κ3) is 3.87. The summed E-state index contributed by atoms with van der Waals surface area (Å²) in [4.78, 5) is 0. The van der Waals surface area contributed by atoms with Gasteiger partial charge in [0.15, 0.2) is 0 Å². The van der Waals surface area contributed by atoms with Gasteiger partial charge in [-0.1, -0.05) is 65.8 Å². The minimum absolute atomic E-state index is 0.0959. The molecule has 1 heteroatoms. The zero-order chi connectivity index (χ0) is 15.7. The van der Waals surface area contributed by atoms with Crippen LogP contribution in [0.15, 0.2) is 48.5 Å². The maximum Gasteiger partial charge on any atom is 0.127 e. The summed E-state index contributed by atoms with van der Waals surface area (Å²) >= 11 is 0. The van der Waals surface area contributed by atoms with Crippen LogP contribution in [0.5, 0.6) is 11.5 Å². The molecule has 0 amide bonds. The van der Waals surface area contributed by atoms with Crippen LogP contribution in [0.4, 0.5) is 0 Å². The summed E-state index contributed by atoms with van der Waals surface area (Å²) in [5.41, 5.74) is 2.96. The first-order valence-corrected chi connectivity index (χ1v) is 7.56. The first-order chi connectivity index (χ1) is 9.68. The molecule has 0 aliphatic heterocycles. The van der Waals surface area contributed by atoms with E-state index in [2.05, 4.69) is 59.7 Å². The van der Waals surface area contributed by atoms with Gasteiger partial charge in [-0.25, -0.2) is 0 Å². The van der Waals surface area contributed by atoms with Crippen molar-refractivity contribution in [1.29, 1.82) is 0 Å². The molecule has 0 radical (unpaired) electrons. The second-order valence-electron chi connectivity index (χ2n) is 7.62. The lowest BCUT2D eigenvalue weighted by Crippen LogP contribution is -2.21. The molecule has 0 saturated heterocycles. The molecule has 0 bridgehead atoms. The lowest BCUT2D eigenvalue weighted by molar-refractivity contribution is 0.473. The van der Waals surface area contributed by atoms with E-state index < -0.39 is 0 Å². The molecule has 0 aliphatic carbocycles. The molecule has 0 fully saturated rings. The highest BCUT2D eigenvalue weighted by molar-refractivity contribution is 5.44. The van der Waals surface area contributed by atoms with Crippen LogP contribution in [0.1, 0.15) is 52.7 Å². The Morgan fingerprint density at radius 1 is 0.619 bits per heavy atom. The second-order valence-corrected chi connectivity index (χ2v) is 7.62. The van der Waals surface area contributed by atoms with E-state index in [1.54, 1.807) is 0 Å². The highest BCUT2D eigenvalue weighted by Gasteiger charge is 2.25. The Morgan fingerprint density at radius 3 is 1.71 bits per heavy atom. The van der Waals surface area contributed by atoms with Crippen molar-refractivity contribution in [2.75, 3.05) is 0 Å². The topological polar surface area (TPSA) is 9.23 Å². The number of ether oxygens (including phenoxy) is 1. The third-order valence-electron chi connectivity index (χ3n) is 3.59. The van der Waals surface area contributed by atoms with Crippen LogP contribution in [0.3, 0.4) is 0 Å². The Hall–Kier alpha value is -1.76. The molecular weight excluding hydrogens is 256 g/mol. The van der Waals surface area contributed by atoms with Crippen LogP contribution < -0.4 is 4.74 Å². The van der Waals surface area contributed by atoms with Crippen LogP contribution in [0.2, 0.25) is 0 Å². The fourth-order valence-electron chi connectivity index (χ4n) is 2.49. The van der Waals surface area contributed by atoms with Crippen molar-refractivity contribution in [2.45, 2.75) is 52.4 Å². The van der Waals surface area contributed by atoms with E-state index in [0.717, 1.165) is 11.5 Å². The number of rotatable bonds is 2. The maximum absolute atomic E-state index is 5.98. The van der Waals surface area contributed by atoms with Crippen LogP contribution in [-0.4, -0.2) is 0 Å². The van der Waals surface area contributed by atoms with Crippen molar-refractivity contribution in [3.05, 3.63) is 59.7 Å². The van der Waals surface area contributed by atoms with Crippen molar-refractivity contribution in [3.63, 3.8) is 0 Å². The van der Waals surface area contributed by atoms with Gasteiger partial charge in [0.2, 0.25) is 0 Å². The summed E-state index contributed by atoms with van der Waals surface area (Å²) in [5, 5.41) is 0. The summed E-state index contributed by atoms with van der Waals surface area (Å²) in [7, 11) is 0. The molecule has 0 saturated carbocycles. The molecule has 0 atom stereocenters. The highest BCUT2D eigenvalue weighted by atomic mass is 16.5. The summed E-state index contributed by atoms with van der Waals surface area (Å²) in [6, 6.07) is 16.4. The average molecular weight is 282 g/mol.